The van der Waals surface area contributed by atoms with E-state index >= 15 is 0 Å². The first-order chi connectivity index (χ1) is 8.26. The van der Waals surface area contributed by atoms with Gasteiger partial charge < -0.3 is 14.7 Å². The van der Waals surface area contributed by atoms with E-state index in [0.717, 1.165) is 37.2 Å². The summed E-state index contributed by atoms with van der Waals surface area (Å²) in [5.41, 5.74) is 2.36. The van der Waals surface area contributed by atoms with Crippen molar-refractivity contribution in [3.05, 3.63) is 23.8 Å². The molecule has 1 rings (SSSR count). The molecule has 0 saturated carbocycles. The second-order valence-electron chi connectivity index (χ2n) is 4.00. The number of rotatable bonds is 7. The Kier molecular flexibility index (Phi) is 5.84. The maximum Gasteiger partial charge on any atom is 0.124 e. The lowest BCUT2D eigenvalue weighted by molar-refractivity contribution is 0.287. The summed E-state index contributed by atoms with van der Waals surface area (Å²) in [6.07, 6.45) is 1.64. The van der Waals surface area contributed by atoms with E-state index in [1.54, 1.807) is 7.11 Å². The van der Waals surface area contributed by atoms with Gasteiger partial charge in [0.1, 0.15) is 5.75 Å². The van der Waals surface area contributed by atoms with Crippen LogP contribution in [0.15, 0.2) is 18.2 Å². The van der Waals surface area contributed by atoms with Crippen LogP contribution in [0, 0.1) is 0 Å². The predicted octanol–water partition coefficient (Wildman–Crippen LogP) is 2.47. The van der Waals surface area contributed by atoms with E-state index in [1.165, 1.54) is 5.69 Å². The molecule has 0 amide bonds. The average molecular weight is 237 g/mol. The fourth-order valence-electron chi connectivity index (χ4n) is 1.99. The number of aliphatic hydroxyl groups is 1. The molecule has 3 heteroatoms. The van der Waals surface area contributed by atoms with Crippen molar-refractivity contribution in [3.63, 3.8) is 0 Å². The minimum atomic E-state index is 0.223. The SMILES string of the molecule is CCN(CC)c1ccc(CCCO)c(OC)c1. The highest BCUT2D eigenvalue weighted by atomic mass is 16.5. The first-order valence-corrected chi connectivity index (χ1v) is 6.29. The smallest absolute Gasteiger partial charge is 0.124 e. The molecule has 1 aromatic rings. The molecule has 0 fully saturated rings. The highest BCUT2D eigenvalue weighted by Crippen LogP contribution is 2.26. The molecule has 1 aromatic carbocycles. The zero-order valence-electron chi connectivity index (χ0n) is 11.1. The topological polar surface area (TPSA) is 32.7 Å². The number of hydrogen-bond acceptors (Lipinski definition) is 3. The van der Waals surface area contributed by atoms with Gasteiger partial charge in [0.05, 0.1) is 7.11 Å². The third-order valence-electron chi connectivity index (χ3n) is 3.00. The zero-order valence-corrected chi connectivity index (χ0v) is 11.1. The minimum Gasteiger partial charge on any atom is -0.496 e. The Balaban J connectivity index is 2.90. The molecule has 0 atom stereocenters. The summed E-state index contributed by atoms with van der Waals surface area (Å²) in [5, 5.41) is 8.86. The second-order valence-corrected chi connectivity index (χ2v) is 4.00. The summed E-state index contributed by atoms with van der Waals surface area (Å²) in [6.45, 7) is 6.51. The number of aliphatic hydroxyl groups excluding tert-OH is 1. The van der Waals surface area contributed by atoms with Crippen molar-refractivity contribution in [2.75, 3.05) is 31.7 Å². The van der Waals surface area contributed by atoms with Gasteiger partial charge in [0, 0.05) is 31.5 Å². The quantitative estimate of drug-likeness (QED) is 0.790. The maximum atomic E-state index is 8.86. The van der Waals surface area contributed by atoms with Crippen molar-refractivity contribution in [1.29, 1.82) is 0 Å². The summed E-state index contributed by atoms with van der Waals surface area (Å²) in [7, 11) is 1.70. The van der Waals surface area contributed by atoms with Gasteiger partial charge in [0.15, 0.2) is 0 Å². The first-order valence-electron chi connectivity index (χ1n) is 6.29. The number of nitrogens with zero attached hydrogens (tertiary/aromatic N) is 1. The van der Waals surface area contributed by atoms with Gasteiger partial charge in [0.25, 0.3) is 0 Å². The van der Waals surface area contributed by atoms with Crippen molar-refractivity contribution in [3.8, 4) is 5.75 Å². The fourth-order valence-corrected chi connectivity index (χ4v) is 1.99. The van der Waals surface area contributed by atoms with E-state index in [0.29, 0.717) is 0 Å². The van der Waals surface area contributed by atoms with Gasteiger partial charge in [-0.1, -0.05) is 6.07 Å². The third kappa shape index (κ3) is 3.63. The van der Waals surface area contributed by atoms with Crippen LogP contribution < -0.4 is 9.64 Å². The van der Waals surface area contributed by atoms with Crippen LogP contribution in [0.1, 0.15) is 25.8 Å². The van der Waals surface area contributed by atoms with E-state index in [-0.39, 0.29) is 6.61 Å². The van der Waals surface area contributed by atoms with Crippen LogP contribution in [0.4, 0.5) is 5.69 Å². The highest BCUT2D eigenvalue weighted by Gasteiger charge is 2.07. The molecular weight excluding hydrogens is 214 g/mol. The van der Waals surface area contributed by atoms with E-state index in [1.807, 2.05) is 0 Å². The van der Waals surface area contributed by atoms with E-state index in [2.05, 4.69) is 36.9 Å². The fraction of sp³-hybridized carbons (Fsp3) is 0.571. The normalized spacial score (nSPS) is 10.4. The number of ether oxygens (including phenoxy) is 1. The van der Waals surface area contributed by atoms with Gasteiger partial charge in [0.2, 0.25) is 0 Å². The van der Waals surface area contributed by atoms with Crippen molar-refractivity contribution < 1.29 is 9.84 Å². The lowest BCUT2D eigenvalue weighted by Crippen LogP contribution is -2.21. The van der Waals surface area contributed by atoms with Gasteiger partial charge >= 0.3 is 0 Å². The Labute approximate surface area is 104 Å². The Morgan fingerprint density at radius 2 is 1.94 bits per heavy atom. The number of benzene rings is 1. The van der Waals surface area contributed by atoms with Crippen LogP contribution in [0.2, 0.25) is 0 Å². The largest absolute Gasteiger partial charge is 0.496 e. The minimum absolute atomic E-state index is 0.223. The first kappa shape index (κ1) is 13.8. The summed E-state index contributed by atoms with van der Waals surface area (Å²) in [4.78, 5) is 2.29. The molecule has 0 aliphatic carbocycles. The van der Waals surface area contributed by atoms with Crippen LogP contribution >= 0.6 is 0 Å². The number of anilines is 1. The van der Waals surface area contributed by atoms with Crippen LogP contribution in [0.25, 0.3) is 0 Å². The monoisotopic (exact) mass is 237 g/mol. The molecule has 0 aromatic heterocycles. The summed E-state index contributed by atoms with van der Waals surface area (Å²) in [5.74, 6) is 0.919. The summed E-state index contributed by atoms with van der Waals surface area (Å²) >= 11 is 0. The van der Waals surface area contributed by atoms with Crippen LogP contribution in [-0.2, 0) is 6.42 Å². The van der Waals surface area contributed by atoms with Crippen molar-refractivity contribution >= 4 is 5.69 Å². The van der Waals surface area contributed by atoms with Crippen molar-refractivity contribution in [1.82, 2.24) is 0 Å². The molecule has 96 valence electrons. The van der Waals surface area contributed by atoms with Crippen LogP contribution in [0.3, 0.4) is 0 Å². The standard InChI is InChI=1S/C14H23NO2/c1-4-15(5-2)13-9-8-12(7-6-10-16)14(11-13)17-3/h8-9,11,16H,4-7,10H2,1-3H3. The lowest BCUT2D eigenvalue weighted by Gasteiger charge is -2.22. The average Bonchev–Trinajstić information content (AvgIpc) is 2.38. The summed E-state index contributed by atoms with van der Waals surface area (Å²) < 4.78 is 5.41. The molecule has 0 saturated heterocycles. The molecule has 0 bridgehead atoms. The van der Waals surface area contributed by atoms with Gasteiger partial charge in [-0.15, -0.1) is 0 Å². The van der Waals surface area contributed by atoms with Gasteiger partial charge in [-0.2, -0.15) is 0 Å². The summed E-state index contributed by atoms with van der Waals surface area (Å²) in [6, 6.07) is 6.31. The molecule has 0 heterocycles. The van der Waals surface area contributed by atoms with Gasteiger partial charge in [-0.25, -0.2) is 0 Å². The Morgan fingerprint density at radius 1 is 1.24 bits per heavy atom. The lowest BCUT2D eigenvalue weighted by atomic mass is 10.1. The number of hydrogen-bond donors (Lipinski definition) is 1. The molecular formula is C14H23NO2. The Morgan fingerprint density at radius 3 is 2.47 bits per heavy atom. The third-order valence-corrected chi connectivity index (χ3v) is 3.00. The van der Waals surface area contributed by atoms with Crippen molar-refractivity contribution in [2.45, 2.75) is 26.7 Å². The number of methoxy groups -OCH3 is 1. The molecule has 1 N–H and O–H groups in total. The number of aryl methyl sites for hydroxylation is 1. The molecule has 3 nitrogen and oxygen atoms in total. The molecule has 0 aliphatic heterocycles. The van der Waals surface area contributed by atoms with Gasteiger partial charge in [-0.3, -0.25) is 0 Å². The second kappa shape index (κ2) is 7.17. The molecule has 0 spiro atoms. The van der Waals surface area contributed by atoms with E-state index < -0.39 is 0 Å². The molecule has 0 radical (unpaired) electrons. The predicted molar refractivity (Wildman–Crippen MR) is 72.0 cm³/mol. The Hall–Kier alpha value is -1.22. The van der Waals surface area contributed by atoms with Crippen molar-refractivity contribution in [2.24, 2.45) is 0 Å². The molecule has 0 unspecified atom stereocenters. The van der Waals surface area contributed by atoms with E-state index in [9.17, 15) is 0 Å². The van der Waals surface area contributed by atoms with Gasteiger partial charge in [-0.05, 0) is 38.3 Å². The molecule has 0 aliphatic rings. The highest BCUT2D eigenvalue weighted by molar-refractivity contribution is 5.53. The maximum absolute atomic E-state index is 8.86. The van der Waals surface area contributed by atoms with E-state index in [4.69, 9.17) is 9.84 Å². The van der Waals surface area contributed by atoms with Crippen LogP contribution in [0.5, 0.6) is 5.75 Å². The van der Waals surface area contributed by atoms with Crippen LogP contribution in [-0.4, -0.2) is 31.9 Å². The molecule has 17 heavy (non-hydrogen) atoms. The Bertz CT molecular complexity index is 335. The zero-order chi connectivity index (χ0) is 12.7.